The van der Waals surface area contributed by atoms with Crippen LogP contribution in [0.4, 0.5) is 0 Å². The van der Waals surface area contributed by atoms with Gasteiger partial charge in [-0.3, -0.25) is 4.79 Å². The second-order valence-electron chi connectivity index (χ2n) is 3.82. The van der Waals surface area contributed by atoms with Crippen LogP contribution in [0.2, 0.25) is 0 Å². The minimum Gasteiger partial charge on any atom is -0.493 e. The average molecular weight is 220 g/mol. The highest BCUT2D eigenvalue weighted by molar-refractivity contribution is 5.94. The second-order valence-corrected chi connectivity index (χ2v) is 3.82. The van der Waals surface area contributed by atoms with E-state index in [0.29, 0.717) is 25.3 Å². The van der Waals surface area contributed by atoms with Crippen LogP contribution in [0.15, 0.2) is 18.2 Å². The van der Waals surface area contributed by atoms with E-state index in [1.807, 2.05) is 12.1 Å². The van der Waals surface area contributed by atoms with Crippen molar-refractivity contribution in [3.8, 4) is 5.75 Å². The predicted molar refractivity (Wildman–Crippen MR) is 61.6 cm³/mol. The van der Waals surface area contributed by atoms with Crippen LogP contribution in [0.25, 0.3) is 0 Å². The molecule has 0 radical (unpaired) electrons. The molecule has 0 aromatic heterocycles. The van der Waals surface area contributed by atoms with Gasteiger partial charge in [0.05, 0.1) is 6.61 Å². The lowest BCUT2D eigenvalue weighted by molar-refractivity contribution is 0.0953. The standard InChI is InChI=1S/C12H16N2O2/c13-5-1-6-14-12(15)10-2-3-11-9(8-10)4-7-16-11/h2-3,8H,1,4-7,13H2,(H,14,15). The van der Waals surface area contributed by atoms with Crippen LogP contribution in [0.1, 0.15) is 22.3 Å². The van der Waals surface area contributed by atoms with Crippen LogP contribution in [-0.4, -0.2) is 25.6 Å². The van der Waals surface area contributed by atoms with E-state index in [2.05, 4.69) is 5.32 Å². The fraction of sp³-hybridized carbons (Fsp3) is 0.417. The van der Waals surface area contributed by atoms with Gasteiger partial charge in [-0.2, -0.15) is 0 Å². The first-order valence-corrected chi connectivity index (χ1v) is 5.55. The van der Waals surface area contributed by atoms with Crippen LogP contribution < -0.4 is 15.8 Å². The fourth-order valence-electron chi connectivity index (χ4n) is 1.73. The smallest absolute Gasteiger partial charge is 0.251 e. The number of amides is 1. The molecular weight excluding hydrogens is 204 g/mol. The van der Waals surface area contributed by atoms with Crippen molar-refractivity contribution in [3.63, 3.8) is 0 Å². The maximum atomic E-state index is 11.7. The van der Waals surface area contributed by atoms with Crippen LogP contribution in [0.3, 0.4) is 0 Å². The minimum atomic E-state index is -0.0387. The molecule has 0 saturated carbocycles. The van der Waals surface area contributed by atoms with Gasteiger partial charge in [0.1, 0.15) is 5.75 Å². The number of ether oxygens (including phenoxy) is 1. The zero-order valence-corrected chi connectivity index (χ0v) is 9.16. The summed E-state index contributed by atoms with van der Waals surface area (Å²) in [6.07, 6.45) is 1.69. The van der Waals surface area contributed by atoms with E-state index in [1.165, 1.54) is 0 Å². The zero-order chi connectivity index (χ0) is 11.4. The van der Waals surface area contributed by atoms with Crippen LogP contribution in [0, 0.1) is 0 Å². The van der Waals surface area contributed by atoms with Crippen molar-refractivity contribution in [1.29, 1.82) is 0 Å². The first-order valence-electron chi connectivity index (χ1n) is 5.55. The van der Waals surface area contributed by atoms with Gasteiger partial charge >= 0.3 is 0 Å². The molecule has 16 heavy (non-hydrogen) atoms. The summed E-state index contributed by atoms with van der Waals surface area (Å²) in [6, 6.07) is 5.56. The molecule has 0 spiro atoms. The lowest BCUT2D eigenvalue weighted by Crippen LogP contribution is -2.25. The van der Waals surface area contributed by atoms with E-state index >= 15 is 0 Å². The Hall–Kier alpha value is -1.55. The number of carbonyl (C=O) groups excluding carboxylic acids is 1. The molecule has 0 atom stereocenters. The lowest BCUT2D eigenvalue weighted by Gasteiger charge is -2.05. The molecule has 0 fully saturated rings. The molecule has 1 aliphatic heterocycles. The number of nitrogens with one attached hydrogen (secondary N) is 1. The normalized spacial score (nSPS) is 13.1. The van der Waals surface area contributed by atoms with Crippen LogP contribution >= 0.6 is 0 Å². The Morgan fingerprint density at radius 3 is 3.19 bits per heavy atom. The topological polar surface area (TPSA) is 64.3 Å². The molecule has 0 saturated heterocycles. The monoisotopic (exact) mass is 220 g/mol. The van der Waals surface area contributed by atoms with Crippen LogP contribution in [-0.2, 0) is 6.42 Å². The predicted octanol–water partition coefficient (Wildman–Crippen LogP) is 0.700. The third-order valence-electron chi connectivity index (χ3n) is 2.62. The Bertz CT molecular complexity index is 391. The number of benzene rings is 1. The van der Waals surface area contributed by atoms with Crippen molar-refractivity contribution in [2.45, 2.75) is 12.8 Å². The van der Waals surface area contributed by atoms with Crippen molar-refractivity contribution in [1.82, 2.24) is 5.32 Å². The van der Waals surface area contributed by atoms with Gasteiger partial charge in [-0.25, -0.2) is 0 Å². The first-order chi connectivity index (χ1) is 7.81. The van der Waals surface area contributed by atoms with Gasteiger partial charge in [-0.15, -0.1) is 0 Å². The summed E-state index contributed by atoms with van der Waals surface area (Å²) in [5, 5.41) is 2.83. The van der Waals surface area contributed by atoms with Gasteiger partial charge in [0.2, 0.25) is 0 Å². The van der Waals surface area contributed by atoms with Gasteiger partial charge in [0, 0.05) is 18.5 Å². The Morgan fingerprint density at radius 2 is 2.38 bits per heavy atom. The highest BCUT2D eigenvalue weighted by Crippen LogP contribution is 2.25. The number of fused-ring (bicyclic) bond motifs is 1. The Morgan fingerprint density at radius 1 is 1.50 bits per heavy atom. The molecule has 1 heterocycles. The van der Waals surface area contributed by atoms with E-state index < -0.39 is 0 Å². The molecular formula is C12H16N2O2. The van der Waals surface area contributed by atoms with Crippen molar-refractivity contribution in [2.75, 3.05) is 19.7 Å². The van der Waals surface area contributed by atoms with Gasteiger partial charge in [0.25, 0.3) is 5.91 Å². The molecule has 3 N–H and O–H groups in total. The first kappa shape index (κ1) is 11.0. The maximum absolute atomic E-state index is 11.7. The number of hydrogen-bond acceptors (Lipinski definition) is 3. The number of nitrogens with two attached hydrogens (primary N) is 1. The van der Waals surface area contributed by atoms with Gasteiger partial charge < -0.3 is 15.8 Å². The van der Waals surface area contributed by atoms with Crippen molar-refractivity contribution in [3.05, 3.63) is 29.3 Å². The van der Waals surface area contributed by atoms with E-state index in [4.69, 9.17) is 10.5 Å². The van der Waals surface area contributed by atoms with E-state index in [0.717, 1.165) is 24.2 Å². The van der Waals surface area contributed by atoms with Crippen molar-refractivity contribution < 1.29 is 9.53 Å². The van der Waals surface area contributed by atoms with Crippen LogP contribution in [0.5, 0.6) is 5.75 Å². The zero-order valence-electron chi connectivity index (χ0n) is 9.16. The Kier molecular flexibility index (Phi) is 3.41. The number of carbonyl (C=O) groups is 1. The summed E-state index contributed by atoms with van der Waals surface area (Å²) < 4.78 is 5.38. The molecule has 0 unspecified atom stereocenters. The molecule has 0 aliphatic carbocycles. The molecule has 0 bridgehead atoms. The molecule has 2 rings (SSSR count). The fourth-order valence-corrected chi connectivity index (χ4v) is 1.73. The molecule has 1 aromatic carbocycles. The maximum Gasteiger partial charge on any atom is 0.251 e. The quantitative estimate of drug-likeness (QED) is 0.734. The van der Waals surface area contributed by atoms with Gasteiger partial charge in [-0.05, 0) is 36.7 Å². The molecule has 4 heteroatoms. The summed E-state index contributed by atoms with van der Waals surface area (Å²) >= 11 is 0. The van der Waals surface area contributed by atoms with E-state index in [1.54, 1.807) is 6.07 Å². The summed E-state index contributed by atoms with van der Waals surface area (Å²) in [4.78, 5) is 11.7. The van der Waals surface area contributed by atoms with Gasteiger partial charge in [0.15, 0.2) is 0 Å². The Labute approximate surface area is 94.8 Å². The lowest BCUT2D eigenvalue weighted by atomic mass is 10.1. The summed E-state index contributed by atoms with van der Waals surface area (Å²) in [7, 11) is 0. The largest absolute Gasteiger partial charge is 0.493 e. The number of rotatable bonds is 4. The highest BCUT2D eigenvalue weighted by atomic mass is 16.5. The second kappa shape index (κ2) is 4.99. The summed E-state index contributed by atoms with van der Waals surface area (Å²) in [6.45, 7) is 1.94. The molecule has 1 aromatic rings. The minimum absolute atomic E-state index is 0.0387. The highest BCUT2D eigenvalue weighted by Gasteiger charge is 2.14. The Balaban J connectivity index is 2.01. The average Bonchev–Trinajstić information content (AvgIpc) is 2.76. The summed E-state index contributed by atoms with van der Waals surface area (Å²) in [5.41, 5.74) is 7.17. The summed E-state index contributed by atoms with van der Waals surface area (Å²) in [5.74, 6) is 0.863. The number of hydrogen-bond donors (Lipinski definition) is 2. The van der Waals surface area contributed by atoms with Gasteiger partial charge in [-0.1, -0.05) is 0 Å². The van der Waals surface area contributed by atoms with E-state index in [9.17, 15) is 4.79 Å². The molecule has 1 aliphatic rings. The molecule has 86 valence electrons. The third-order valence-corrected chi connectivity index (χ3v) is 2.62. The third kappa shape index (κ3) is 2.33. The molecule has 1 amide bonds. The van der Waals surface area contributed by atoms with E-state index in [-0.39, 0.29) is 5.91 Å². The van der Waals surface area contributed by atoms with Crippen molar-refractivity contribution in [2.24, 2.45) is 5.73 Å². The SMILES string of the molecule is NCCCNC(=O)c1ccc2c(c1)CCO2. The van der Waals surface area contributed by atoms with Crippen molar-refractivity contribution >= 4 is 5.91 Å². The molecule has 4 nitrogen and oxygen atoms in total.